The van der Waals surface area contributed by atoms with Gasteiger partial charge in [-0.15, -0.1) is 0 Å². The lowest BCUT2D eigenvalue weighted by Gasteiger charge is -2.32. The second kappa shape index (κ2) is 5.04. The molecule has 1 aliphatic rings. The van der Waals surface area contributed by atoms with Crippen LogP contribution in [0.15, 0.2) is 0 Å². The van der Waals surface area contributed by atoms with Crippen LogP contribution in [0.1, 0.15) is 34.1 Å². The summed E-state index contributed by atoms with van der Waals surface area (Å²) in [5, 5.41) is 2.88. The number of nitrogens with two attached hydrogens (primary N) is 1. The van der Waals surface area contributed by atoms with Gasteiger partial charge >= 0.3 is 0 Å². The molecule has 1 heterocycles. The average Bonchev–Trinajstić information content (AvgIpc) is 2.57. The Morgan fingerprint density at radius 2 is 2.18 bits per heavy atom. The topological polar surface area (TPSA) is 75.4 Å². The summed E-state index contributed by atoms with van der Waals surface area (Å²) in [4.78, 5) is 25.3. The molecule has 0 aromatic rings. The Balaban J connectivity index is 2.56. The van der Waals surface area contributed by atoms with Crippen molar-refractivity contribution in [2.24, 2.45) is 11.7 Å². The molecule has 1 saturated heterocycles. The zero-order valence-corrected chi connectivity index (χ0v) is 11.1. The van der Waals surface area contributed by atoms with Crippen LogP contribution in [0.3, 0.4) is 0 Å². The van der Waals surface area contributed by atoms with Crippen LogP contribution < -0.4 is 11.1 Å². The third-order valence-corrected chi connectivity index (χ3v) is 3.08. The predicted octanol–water partition coefficient (Wildman–Crippen LogP) is 0.0968. The number of rotatable bonds is 3. The van der Waals surface area contributed by atoms with Gasteiger partial charge in [-0.1, -0.05) is 6.92 Å². The Kier molecular flexibility index (Phi) is 4.14. The van der Waals surface area contributed by atoms with E-state index in [1.54, 1.807) is 6.92 Å². The highest BCUT2D eigenvalue weighted by Crippen LogP contribution is 2.21. The maximum absolute atomic E-state index is 11.8. The van der Waals surface area contributed by atoms with Gasteiger partial charge < -0.3 is 16.0 Å². The molecule has 5 heteroatoms. The van der Waals surface area contributed by atoms with E-state index in [0.29, 0.717) is 19.5 Å². The summed E-state index contributed by atoms with van der Waals surface area (Å²) in [6.07, 6.45) is 0.389. The molecule has 0 radical (unpaired) electrons. The lowest BCUT2D eigenvalue weighted by molar-refractivity contribution is -0.131. The molecule has 0 aromatic carbocycles. The molecule has 98 valence electrons. The van der Waals surface area contributed by atoms with Crippen molar-refractivity contribution in [1.29, 1.82) is 0 Å². The van der Waals surface area contributed by atoms with Crippen molar-refractivity contribution in [3.63, 3.8) is 0 Å². The van der Waals surface area contributed by atoms with Crippen LogP contribution >= 0.6 is 0 Å². The van der Waals surface area contributed by atoms with E-state index < -0.39 is 0 Å². The first-order valence-corrected chi connectivity index (χ1v) is 6.06. The minimum Gasteiger partial charge on any atom is -0.351 e. The van der Waals surface area contributed by atoms with E-state index in [2.05, 4.69) is 5.32 Å². The Morgan fingerprint density at radius 3 is 2.59 bits per heavy atom. The normalized spacial score (nSPS) is 22.8. The molecule has 0 aliphatic carbocycles. The van der Waals surface area contributed by atoms with Crippen LogP contribution in [0, 0.1) is 5.92 Å². The van der Waals surface area contributed by atoms with Gasteiger partial charge in [-0.3, -0.25) is 9.59 Å². The molecule has 0 saturated carbocycles. The van der Waals surface area contributed by atoms with E-state index in [1.165, 1.54) is 0 Å². The number of nitrogens with one attached hydrogen (secondary N) is 1. The Bertz CT molecular complexity index is 309. The molecule has 1 fully saturated rings. The fourth-order valence-electron chi connectivity index (χ4n) is 1.90. The summed E-state index contributed by atoms with van der Waals surface area (Å²) in [7, 11) is 0. The van der Waals surface area contributed by atoms with Crippen LogP contribution in [-0.2, 0) is 9.59 Å². The molecular formula is C12H23N3O2. The molecular weight excluding hydrogens is 218 g/mol. The van der Waals surface area contributed by atoms with Gasteiger partial charge in [0.1, 0.15) is 0 Å². The Morgan fingerprint density at radius 1 is 1.59 bits per heavy atom. The minimum atomic E-state index is -0.200. The van der Waals surface area contributed by atoms with Crippen LogP contribution in [0.4, 0.5) is 0 Å². The zero-order valence-electron chi connectivity index (χ0n) is 11.1. The fraction of sp³-hybridized carbons (Fsp3) is 0.833. The van der Waals surface area contributed by atoms with E-state index in [9.17, 15) is 9.59 Å². The van der Waals surface area contributed by atoms with Crippen molar-refractivity contribution < 1.29 is 9.59 Å². The molecule has 2 unspecified atom stereocenters. The first-order chi connectivity index (χ1) is 7.75. The molecule has 3 N–H and O–H groups in total. The Hall–Kier alpha value is -1.10. The maximum atomic E-state index is 11.8. The molecule has 17 heavy (non-hydrogen) atoms. The SMILES string of the molecule is CC(CN)C(=O)NC1CC(=O)N(C(C)(C)C)C1. The van der Waals surface area contributed by atoms with E-state index >= 15 is 0 Å². The number of nitrogens with zero attached hydrogens (tertiary/aromatic N) is 1. The largest absolute Gasteiger partial charge is 0.351 e. The second-order valence-electron chi connectivity index (χ2n) is 5.72. The van der Waals surface area contributed by atoms with Crippen LogP contribution in [0.5, 0.6) is 0 Å². The monoisotopic (exact) mass is 241 g/mol. The summed E-state index contributed by atoms with van der Waals surface area (Å²) in [5.41, 5.74) is 5.25. The first-order valence-electron chi connectivity index (χ1n) is 6.06. The summed E-state index contributed by atoms with van der Waals surface area (Å²) in [5.74, 6) is -0.168. The standard InChI is InChI=1S/C12H23N3O2/c1-8(6-13)11(17)14-9-5-10(16)15(7-9)12(2,3)4/h8-9H,5-7,13H2,1-4H3,(H,14,17). The summed E-state index contributed by atoms with van der Waals surface area (Å²) >= 11 is 0. The highest BCUT2D eigenvalue weighted by Gasteiger charge is 2.36. The van der Waals surface area contributed by atoms with Gasteiger partial charge in [0.25, 0.3) is 0 Å². The molecule has 5 nitrogen and oxygen atoms in total. The Labute approximate surface area is 103 Å². The minimum absolute atomic E-state index is 0.0685. The van der Waals surface area contributed by atoms with E-state index in [1.807, 2.05) is 25.7 Å². The molecule has 2 atom stereocenters. The molecule has 1 rings (SSSR count). The quantitative estimate of drug-likeness (QED) is 0.735. The number of hydrogen-bond acceptors (Lipinski definition) is 3. The molecule has 1 aliphatic heterocycles. The van der Waals surface area contributed by atoms with Gasteiger partial charge in [0.15, 0.2) is 0 Å². The number of carbonyl (C=O) groups excluding carboxylic acids is 2. The van der Waals surface area contributed by atoms with Gasteiger partial charge in [-0.2, -0.15) is 0 Å². The van der Waals surface area contributed by atoms with Gasteiger partial charge in [-0.25, -0.2) is 0 Å². The highest BCUT2D eigenvalue weighted by molar-refractivity contribution is 5.83. The summed E-state index contributed by atoms with van der Waals surface area (Å²) < 4.78 is 0. The number of carbonyl (C=O) groups is 2. The lowest BCUT2D eigenvalue weighted by atomic mass is 10.1. The van der Waals surface area contributed by atoms with E-state index in [4.69, 9.17) is 5.73 Å². The number of hydrogen-bond donors (Lipinski definition) is 2. The highest BCUT2D eigenvalue weighted by atomic mass is 16.2. The van der Waals surface area contributed by atoms with E-state index in [0.717, 1.165) is 0 Å². The van der Waals surface area contributed by atoms with Crippen molar-refractivity contribution in [1.82, 2.24) is 10.2 Å². The van der Waals surface area contributed by atoms with Gasteiger partial charge in [0.2, 0.25) is 11.8 Å². The predicted molar refractivity (Wildman–Crippen MR) is 66.2 cm³/mol. The average molecular weight is 241 g/mol. The molecule has 2 amide bonds. The van der Waals surface area contributed by atoms with Crippen molar-refractivity contribution in [2.75, 3.05) is 13.1 Å². The first kappa shape index (κ1) is 14.0. The van der Waals surface area contributed by atoms with Crippen LogP contribution in [0.25, 0.3) is 0 Å². The van der Waals surface area contributed by atoms with Crippen molar-refractivity contribution >= 4 is 11.8 Å². The lowest BCUT2D eigenvalue weighted by Crippen LogP contribution is -2.45. The third kappa shape index (κ3) is 3.43. The molecule has 0 aromatic heterocycles. The molecule has 0 spiro atoms. The maximum Gasteiger partial charge on any atom is 0.225 e. The smallest absolute Gasteiger partial charge is 0.225 e. The zero-order chi connectivity index (χ0) is 13.2. The van der Waals surface area contributed by atoms with Crippen molar-refractivity contribution in [3.05, 3.63) is 0 Å². The van der Waals surface area contributed by atoms with Crippen LogP contribution in [0.2, 0.25) is 0 Å². The fourth-order valence-corrected chi connectivity index (χ4v) is 1.90. The van der Waals surface area contributed by atoms with Crippen molar-refractivity contribution in [3.8, 4) is 0 Å². The summed E-state index contributed by atoms with van der Waals surface area (Å²) in [6.45, 7) is 8.70. The van der Waals surface area contributed by atoms with Gasteiger partial charge in [0.05, 0.1) is 6.04 Å². The number of likely N-dealkylation sites (tertiary alicyclic amines) is 1. The van der Waals surface area contributed by atoms with Gasteiger partial charge in [0, 0.05) is 31.0 Å². The van der Waals surface area contributed by atoms with Gasteiger partial charge in [-0.05, 0) is 20.8 Å². The number of amides is 2. The van der Waals surface area contributed by atoms with Crippen molar-refractivity contribution in [2.45, 2.75) is 45.7 Å². The third-order valence-electron chi connectivity index (χ3n) is 3.08. The molecule has 0 bridgehead atoms. The second-order valence-corrected chi connectivity index (χ2v) is 5.72. The van der Waals surface area contributed by atoms with E-state index in [-0.39, 0.29) is 29.3 Å². The summed E-state index contributed by atoms with van der Waals surface area (Å²) in [6, 6.07) is -0.0803. The van der Waals surface area contributed by atoms with Crippen LogP contribution in [-0.4, -0.2) is 41.4 Å².